The maximum atomic E-state index is 12.9. The molecule has 4 saturated carbocycles. The molecule has 27 heavy (non-hydrogen) atoms. The van der Waals surface area contributed by atoms with Crippen LogP contribution in [-0.2, 0) is 9.59 Å². The highest BCUT2D eigenvalue weighted by molar-refractivity contribution is 5.95. The maximum Gasteiger partial charge on any atom is 0.243 e. The monoisotopic (exact) mass is 372 g/mol. The van der Waals surface area contributed by atoms with Crippen molar-refractivity contribution in [1.29, 1.82) is 0 Å². The maximum absolute atomic E-state index is 12.9. The first-order chi connectivity index (χ1) is 13.0. The first-order valence-electron chi connectivity index (χ1n) is 9.81. The lowest BCUT2D eigenvalue weighted by molar-refractivity contribution is -0.146. The number of methoxy groups -OCH3 is 2. The number of carbonyl (C=O) groups is 2. The Kier molecular flexibility index (Phi) is 4.74. The Bertz CT molecular complexity index is 710. The number of carbonyl (C=O) groups excluding carboxylic acids is 2. The summed E-state index contributed by atoms with van der Waals surface area (Å²) in [5.41, 5.74) is 0.389. The SMILES string of the molecule is COc1ccc(NC(=O)CNC(=O)C23CC4CC(CC(C4)C2)C3)cc1OC. The normalized spacial score (nSPS) is 30.7. The Morgan fingerprint density at radius 3 is 2.15 bits per heavy atom. The summed E-state index contributed by atoms with van der Waals surface area (Å²) < 4.78 is 10.4. The van der Waals surface area contributed by atoms with E-state index in [0.717, 1.165) is 19.3 Å². The molecule has 0 aromatic heterocycles. The molecule has 0 aliphatic heterocycles. The fourth-order valence-corrected chi connectivity index (χ4v) is 5.86. The number of amides is 2. The van der Waals surface area contributed by atoms with E-state index in [9.17, 15) is 9.59 Å². The van der Waals surface area contributed by atoms with Gasteiger partial charge in [-0.05, 0) is 68.4 Å². The van der Waals surface area contributed by atoms with Crippen LogP contribution >= 0.6 is 0 Å². The highest BCUT2D eigenvalue weighted by atomic mass is 16.5. The quantitative estimate of drug-likeness (QED) is 0.805. The third-order valence-corrected chi connectivity index (χ3v) is 6.60. The topological polar surface area (TPSA) is 76.7 Å². The van der Waals surface area contributed by atoms with Gasteiger partial charge in [0.1, 0.15) is 0 Å². The van der Waals surface area contributed by atoms with Crippen LogP contribution in [0.5, 0.6) is 11.5 Å². The van der Waals surface area contributed by atoms with Crippen molar-refractivity contribution in [2.45, 2.75) is 38.5 Å². The molecular formula is C21H28N2O4. The van der Waals surface area contributed by atoms with Crippen LogP contribution in [0.3, 0.4) is 0 Å². The molecule has 2 amide bonds. The Hall–Kier alpha value is -2.24. The molecule has 1 aromatic carbocycles. The van der Waals surface area contributed by atoms with Gasteiger partial charge in [-0.2, -0.15) is 0 Å². The van der Waals surface area contributed by atoms with Crippen molar-refractivity contribution < 1.29 is 19.1 Å². The zero-order valence-corrected chi connectivity index (χ0v) is 16.0. The van der Waals surface area contributed by atoms with Gasteiger partial charge in [-0.15, -0.1) is 0 Å². The van der Waals surface area contributed by atoms with Crippen molar-refractivity contribution in [3.63, 3.8) is 0 Å². The number of nitrogens with one attached hydrogen (secondary N) is 2. The summed E-state index contributed by atoms with van der Waals surface area (Å²) in [6, 6.07) is 5.19. The Balaban J connectivity index is 1.34. The summed E-state index contributed by atoms with van der Waals surface area (Å²) in [5, 5.41) is 5.71. The molecule has 6 heteroatoms. The van der Waals surface area contributed by atoms with Gasteiger partial charge in [-0.1, -0.05) is 0 Å². The van der Waals surface area contributed by atoms with Gasteiger partial charge in [0.15, 0.2) is 11.5 Å². The Morgan fingerprint density at radius 2 is 1.59 bits per heavy atom. The molecule has 0 spiro atoms. The van der Waals surface area contributed by atoms with Crippen LogP contribution in [0.15, 0.2) is 18.2 Å². The minimum Gasteiger partial charge on any atom is -0.493 e. The second-order valence-corrected chi connectivity index (χ2v) is 8.50. The van der Waals surface area contributed by atoms with Crippen LogP contribution in [-0.4, -0.2) is 32.6 Å². The molecule has 4 aliphatic rings. The van der Waals surface area contributed by atoms with E-state index in [2.05, 4.69) is 10.6 Å². The van der Waals surface area contributed by atoms with Gasteiger partial charge in [-0.3, -0.25) is 9.59 Å². The first kappa shape index (κ1) is 18.1. The van der Waals surface area contributed by atoms with E-state index in [4.69, 9.17) is 9.47 Å². The second kappa shape index (κ2) is 7.06. The summed E-state index contributed by atoms with van der Waals surface area (Å²) in [4.78, 5) is 25.2. The van der Waals surface area contributed by atoms with E-state index in [1.54, 1.807) is 32.4 Å². The second-order valence-electron chi connectivity index (χ2n) is 8.50. The van der Waals surface area contributed by atoms with Crippen LogP contribution in [0.2, 0.25) is 0 Å². The van der Waals surface area contributed by atoms with E-state index in [-0.39, 0.29) is 23.8 Å². The molecule has 5 rings (SSSR count). The number of rotatable bonds is 6. The number of anilines is 1. The molecule has 4 aliphatic carbocycles. The Labute approximate surface area is 160 Å². The number of ether oxygens (including phenoxy) is 2. The molecule has 2 N–H and O–H groups in total. The average molecular weight is 372 g/mol. The van der Waals surface area contributed by atoms with Crippen molar-refractivity contribution in [3.8, 4) is 11.5 Å². The first-order valence-corrected chi connectivity index (χ1v) is 9.81. The van der Waals surface area contributed by atoms with Gasteiger partial charge in [0, 0.05) is 17.2 Å². The van der Waals surface area contributed by atoms with Crippen molar-refractivity contribution in [2.75, 3.05) is 26.1 Å². The highest BCUT2D eigenvalue weighted by Gasteiger charge is 2.54. The summed E-state index contributed by atoms with van der Waals surface area (Å²) >= 11 is 0. The predicted molar refractivity (Wildman–Crippen MR) is 102 cm³/mol. The highest BCUT2D eigenvalue weighted by Crippen LogP contribution is 2.60. The van der Waals surface area contributed by atoms with E-state index >= 15 is 0 Å². The van der Waals surface area contributed by atoms with Crippen LogP contribution in [0.1, 0.15) is 38.5 Å². The molecular weight excluding hydrogens is 344 g/mol. The van der Waals surface area contributed by atoms with Gasteiger partial charge in [-0.25, -0.2) is 0 Å². The predicted octanol–water partition coefficient (Wildman–Crippen LogP) is 2.97. The summed E-state index contributed by atoms with van der Waals surface area (Å²) in [5.74, 6) is 3.12. The third kappa shape index (κ3) is 3.49. The molecule has 1 aromatic rings. The van der Waals surface area contributed by atoms with E-state index in [1.807, 2.05) is 0 Å². The third-order valence-electron chi connectivity index (χ3n) is 6.60. The standard InChI is InChI=1S/C21H28N2O4/c1-26-17-4-3-16(8-18(17)27-2)23-19(24)12-22-20(25)21-9-13-5-14(10-21)7-15(6-13)11-21/h3-4,8,13-15H,5-7,9-12H2,1-2H3,(H,22,25)(H,23,24). The van der Waals surface area contributed by atoms with E-state index in [0.29, 0.717) is 34.9 Å². The number of hydrogen-bond donors (Lipinski definition) is 2. The van der Waals surface area contributed by atoms with E-state index in [1.165, 1.54) is 19.3 Å². The molecule has 0 unspecified atom stereocenters. The molecule has 0 heterocycles. The van der Waals surface area contributed by atoms with Gasteiger partial charge in [0.2, 0.25) is 11.8 Å². The fourth-order valence-electron chi connectivity index (χ4n) is 5.86. The van der Waals surface area contributed by atoms with E-state index < -0.39 is 0 Å². The zero-order chi connectivity index (χ0) is 19.0. The minimum atomic E-state index is -0.236. The van der Waals surface area contributed by atoms with Gasteiger partial charge >= 0.3 is 0 Å². The minimum absolute atomic E-state index is 0.00503. The van der Waals surface area contributed by atoms with Crippen LogP contribution in [0.25, 0.3) is 0 Å². The van der Waals surface area contributed by atoms with Crippen LogP contribution in [0, 0.1) is 23.2 Å². The molecule has 0 saturated heterocycles. The van der Waals surface area contributed by atoms with Crippen molar-refractivity contribution in [3.05, 3.63) is 18.2 Å². The van der Waals surface area contributed by atoms with Crippen LogP contribution < -0.4 is 20.1 Å². The molecule has 0 atom stereocenters. The van der Waals surface area contributed by atoms with Crippen molar-refractivity contribution >= 4 is 17.5 Å². The fraction of sp³-hybridized carbons (Fsp3) is 0.619. The number of hydrogen-bond acceptors (Lipinski definition) is 4. The smallest absolute Gasteiger partial charge is 0.243 e. The summed E-state index contributed by atoms with van der Waals surface area (Å²) in [7, 11) is 3.12. The van der Waals surface area contributed by atoms with Crippen LogP contribution in [0.4, 0.5) is 5.69 Å². The summed E-state index contributed by atoms with van der Waals surface area (Å²) in [6.07, 6.45) is 6.90. The molecule has 4 fully saturated rings. The molecule has 0 radical (unpaired) electrons. The lowest BCUT2D eigenvalue weighted by Crippen LogP contribution is -2.54. The molecule has 146 valence electrons. The van der Waals surface area contributed by atoms with Gasteiger partial charge in [0.05, 0.1) is 20.8 Å². The molecule has 6 nitrogen and oxygen atoms in total. The Morgan fingerprint density at radius 1 is 1.00 bits per heavy atom. The van der Waals surface area contributed by atoms with Gasteiger partial charge in [0.25, 0.3) is 0 Å². The largest absolute Gasteiger partial charge is 0.493 e. The van der Waals surface area contributed by atoms with Crippen molar-refractivity contribution in [1.82, 2.24) is 5.32 Å². The zero-order valence-electron chi connectivity index (χ0n) is 16.0. The summed E-state index contributed by atoms with van der Waals surface area (Å²) in [6.45, 7) is -0.00503. The lowest BCUT2D eigenvalue weighted by Gasteiger charge is -2.55. The lowest BCUT2D eigenvalue weighted by atomic mass is 9.49. The molecule has 4 bridgehead atoms. The average Bonchev–Trinajstić information content (AvgIpc) is 2.64. The number of benzene rings is 1. The van der Waals surface area contributed by atoms with Gasteiger partial charge < -0.3 is 20.1 Å². The van der Waals surface area contributed by atoms with Crippen molar-refractivity contribution in [2.24, 2.45) is 23.2 Å².